The van der Waals surface area contributed by atoms with E-state index in [9.17, 15) is 0 Å². The average Bonchev–Trinajstić information content (AvgIpc) is 2.28. The lowest BCUT2D eigenvalue weighted by atomic mass is 10.1. The molecule has 4 nitrogen and oxygen atoms in total. The largest absolute Gasteiger partial charge is 0.496 e. The SMILES string of the molecule is COc1c(C)cc(CN(C)CC(N)CN)cc1C. The van der Waals surface area contributed by atoms with Gasteiger partial charge in [-0.15, -0.1) is 0 Å². The molecule has 1 rings (SSSR count). The van der Waals surface area contributed by atoms with Crippen molar-refractivity contribution in [2.24, 2.45) is 11.5 Å². The van der Waals surface area contributed by atoms with Crippen molar-refractivity contribution in [2.75, 3.05) is 27.2 Å². The summed E-state index contributed by atoms with van der Waals surface area (Å²) < 4.78 is 5.37. The summed E-state index contributed by atoms with van der Waals surface area (Å²) in [4.78, 5) is 2.19. The van der Waals surface area contributed by atoms with Crippen LogP contribution in [0.4, 0.5) is 0 Å². The highest BCUT2D eigenvalue weighted by Crippen LogP contribution is 2.24. The minimum absolute atomic E-state index is 0.0374. The molecule has 0 heterocycles. The van der Waals surface area contributed by atoms with Crippen LogP contribution in [-0.2, 0) is 6.54 Å². The minimum Gasteiger partial charge on any atom is -0.496 e. The standard InChI is InChI=1S/C14H25N3O/c1-10-5-12(6-11(2)14(10)18-4)8-17(3)9-13(16)7-15/h5-6,13H,7-9,15-16H2,1-4H3. The molecule has 1 aromatic carbocycles. The van der Waals surface area contributed by atoms with Crippen LogP contribution in [0.25, 0.3) is 0 Å². The molecule has 0 aromatic heterocycles. The molecule has 0 aliphatic rings. The van der Waals surface area contributed by atoms with Gasteiger partial charge >= 0.3 is 0 Å². The van der Waals surface area contributed by atoms with Crippen molar-refractivity contribution in [3.63, 3.8) is 0 Å². The fraction of sp³-hybridized carbons (Fsp3) is 0.571. The van der Waals surface area contributed by atoms with Crippen molar-refractivity contribution < 1.29 is 4.74 Å². The summed E-state index contributed by atoms with van der Waals surface area (Å²) in [5, 5.41) is 0. The van der Waals surface area contributed by atoms with Gasteiger partial charge in [-0.1, -0.05) is 12.1 Å². The van der Waals surface area contributed by atoms with Crippen molar-refractivity contribution in [1.29, 1.82) is 0 Å². The smallest absolute Gasteiger partial charge is 0.124 e. The fourth-order valence-electron chi connectivity index (χ4n) is 2.30. The zero-order valence-corrected chi connectivity index (χ0v) is 11.9. The Balaban J connectivity index is 2.73. The maximum atomic E-state index is 5.85. The molecule has 102 valence electrons. The molecule has 0 amide bonds. The van der Waals surface area contributed by atoms with Gasteiger partial charge < -0.3 is 21.1 Å². The van der Waals surface area contributed by atoms with Gasteiger partial charge in [0.1, 0.15) is 5.75 Å². The third-order valence-corrected chi connectivity index (χ3v) is 3.03. The summed E-state index contributed by atoms with van der Waals surface area (Å²) >= 11 is 0. The molecule has 0 bridgehead atoms. The average molecular weight is 251 g/mol. The van der Waals surface area contributed by atoms with Crippen LogP contribution in [0.3, 0.4) is 0 Å². The zero-order valence-electron chi connectivity index (χ0n) is 11.9. The molecule has 18 heavy (non-hydrogen) atoms. The molecule has 0 saturated heterocycles. The van der Waals surface area contributed by atoms with Crippen LogP contribution in [0.5, 0.6) is 5.75 Å². The predicted octanol–water partition coefficient (Wildman–Crippen LogP) is 1.03. The lowest BCUT2D eigenvalue weighted by Gasteiger charge is -2.21. The van der Waals surface area contributed by atoms with Gasteiger partial charge in [0, 0.05) is 25.7 Å². The van der Waals surface area contributed by atoms with Gasteiger partial charge in [-0.05, 0) is 37.6 Å². The molecule has 0 aliphatic carbocycles. The van der Waals surface area contributed by atoms with Gasteiger partial charge in [-0.25, -0.2) is 0 Å². The summed E-state index contributed by atoms with van der Waals surface area (Å²) in [5.74, 6) is 0.972. The summed E-state index contributed by atoms with van der Waals surface area (Å²) in [6.07, 6.45) is 0. The molecule has 1 aromatic rings. The second-order valence-electron chi connectivity index (χ2n) is 4.96. The van der Waals surface area contributed by atoms with Gasteiger partial charge in [0.05, 0.1) is 7.11 Å². The number of ether oxygens (including phenoxy) is 1. The Morgan fingerprint density at radius 2 is 1.83 bits per heavy atom. The van der Waals surface area contributed by atoms with E-state index in [4.69, 9.17) is 16.2 Å². The Bertz CT molecular complexity index is 370. The van der Waals surface area contributed by atoms with E-state index in [1.165, 1.54) is 16.7 Å². The van der Waals surface area contributed by atoms with E-state index in [1.807, 2.05) is 0 Å². The van der Waals surface area contributed by atoms with E-state index in [-0.39, 0.29) is 6.04 Å². The van der Waals surface area contributed by atoms with Gasteiger partial charge in [-0.2, -0.15) is 0 Å². The number of nitrogens with two attached hydrogens (primary N) is 2. The quantitative estimate of drug-likeness (QED) is 0.792. The van der Waals surface area contributed by atoms with E-state index in [0.717, 1.165) is 18.8 Å². The third-order valence-electron chi connectivity index (χ3n) is 3.03. The molecule has 4 heteroatoms. The van der Waals surface area contributed by atoms with Crippen LogP contribution in [0, 0.1) is 13.8 Å². The number of benzene rings is 1. The molecule has 0 saturated carbocycles. The highest BCUT2D eigenvalue weighted by Gasteiger charge is 2.09. The topological polar surface area (TPSA) is 64.5 Å². The Morgan fingerprint density at radius 3 is 2.28 bits per heavy atom. The Kier molecular flexibility index (Phi) is 5.59. The number of rotatable bonds is 6. The Morgan fingerprint density at radius 1 is 1.28 bits per heavy atom. The fourth-order valence-corrected chi connectivity index (χ4v) is 2.30. The van der Waals surface area contributed by atoms with E-state index in [1.54, 1.807) is 7.11 Å². The first kappa shape index (κ1) is 15.0. The molecule has 1 atom stereocenters. The maximum absolute atomic E-state index is 5.85. The minimum atomic E-state index is 0.0374. The molecule has 0 spiro atoms. The highest BCUT2D eigenvalue weighted by molar-refractivity contribution is 5.43. The lowest BCUT2D eigenvalue weighted by Crippen LogP contribution is -2.40. The third kappa shape index (κ3) is 3.98. The molecule has 4 N–H and O–H groups in total. The predicted molar refractivity (Wildman–Crippen MR) is 75.8 cm³/mol. The van der Waals surface area contributed by atoms with Crippen molar-refractivity contribution in [3.05, 3.63) is 28.8 Å². The maximum Gasteiger partial charge on any atom is 0.124 e. The molecule has 1 unspecified atom stereocenters. The number of nitrogens with zero attached hydrogens (tertiary/aromatic N) is 1. The molecular formula is C14H25N3O. The van der Waals surface area contributed by atoms with Gasteiger partial charge in [-0.3, -0.25) is 0 Å². The second-order valence-corrected chi connectivity index (χ2v) is 4.96. The normalized spacial score (nSPS) is 12.8. The first-order valence-electron chi connectivity index (χ1n) is 6.26. The molecule has 0 fully saturated rings. The summed E-state index contributed by atoms with van der Waals surface area (Å²) in [5.41, 5.74) is 15.0. The van der Waals surface area contributed by atoms with Gasteiger partial charge in [0.25, 0.3) is 0 Å². The van der Waals surface area contributed by atoms with E-state index in [0.29, 0.717) is 6.54 Å². The van der Waals surface area contributed by atoms with Crippen molar-refractivity contribution in [3.8, 4) is 5.75 Å². The van der Waals surface area contributed by atoms with Crippen LogP contribution in [0.1, 0.15) is 16.7 Å². The van der Waals surface area contributed by atoms with Crippen LogP contribution in [-0.4, -0.2) is 38.2 Å². The molecular weight excluding hydrogens is 226 g/mol. The molecule has 0 aliphatic heterocycles. The zero-order chi connectivity index (χ0) is 13.7. The van der Waals surface area contributed by atoms with Crippen LogP contribution < -0.4 is 16.2 Å². The number of hydrogen-bond donors (Lipinski definition) is 2. The summed E-state index contributed by atoms with van der Waals surface area (Å²) in [7, 11) is 3.77. The van der Waals surface area contributed by atoms with Gasteiger partial charge in [0.15, 0.2) is 0 Å². The number of methoxy groups -OCH3 is 1. The monoisotopic (exact) mass is 251 g/mol. The molecule has 0 radical (unpaired) electrons. The van der Waals surface area contributed by atoms with Crippen molar-refractivity contribution >= 4 is 0 Å². The Labute approximate surface area is 110 Å². The van der Waals surface area contributed by atoms with Gasteiger partial charge in [0.2, 0.25) is 0 Å². The van der Waals surface area contributed by atoms with E-state index in [2.05, 4.69) is 37.9 Å². The lowest BCUT2D eigenvalue weighted by molar-refractivity contribution is 0.305. The summed E-state index contributed by atoms with van der Waals surface area (Å²) in [6, 6.07) is 4.36. The number of aryl methyl sites for hydroxylation is 2. The number of hydrogen-bond acceptors (Lipinski definition) is 4. The van der Waals surface area contributed by atoms with Crippen molar-refractivity contribution in [1.82, 2.24) is 4.90 Å². The van der Waals surface area contributed by atoms with Crippen molar-refractivity contribution in [2.45, 2.75) is 26.4 Å². The van der Waals surface area contributed by atoms with E-state index < -0.39 is 0 Å². The first-order chi connectivity index (χ1) is 8.47. The first-order valence-corrected chi connectivity index (χ1v) is 6.26. The number of likely N-dealkylation sites (N-methyl/N-ethyl adjacent to an activating group) is 1. The van der Waals surface area contributed by atoms with Crippen LogP contribution >= 0.6 is 0 Å². The van der Waals surface area contributed by atoms with E-state index >= 15 is 0 Å². The highest BCUT2D eigenvalue weighted by atomic mass is 16.5. The Hall–Kier alpha value is -1.10. The second kappa shape index (κ2) is 6.73. The van der Waals surface area contributed by atoms with Crippen LogP contribution in [0.2, 0.25) is 0 Å². The summed E-state index contributed by atoms with van der Waals surface area (Å²) in [6.45, 7) is 6.34. The van der Waals surface area contributed by atoms with Crippen LogP contribution in [0.15, 0.2) is 12.1 Å².